The predicted octanol–water partition coefficient (Wildman–Crippen LogP) is -5.52. The van der Waals surface area contributed by atoms with E-state index in [-0.39, 0.29) is 0 Å². The van der Waals surface area contributed by atoms with E-state index in [2.05, 4.69) is 43.8 Å². The summed E-state index contributed by atoms with van der Waals surface area (Å²) < 4.78 is 0. The molecule has 1 heterocycles. The van der Waals surface area contributed by atoms with E-state index in [0.717, 1.165) is 0 Å². The molecule has 0 aliphatic rings. The van der Waals surface area contributed by atoms with Gasteiger partial charge in [0.2, 0.25) is 0 Å². The summed E-state index contributed by atoms with van der Waals surface area (Å²) in [6.07, 6.45) is 0. The third kappa shape index (κ3) is 1.47. The van der Waals surface area contributed by atoms with Crippen LogP contribution in [0.15, 0.2) is 0 Å². The van der Waals surface area contributed by atoms with Gasteiger partial charge in [-0.1, -0.05) is 0 Å². The van der Waals surface area contributed by atoms with E-state index in [0.29, 0.717) is 0 Å². The van der Waals surface area contributed by atoms with E-state index < -0.39 is 0 Å². The van der Waals surface area contributed by atoms with Crippen molar-refractivity contribution in [3.63, 3.8) is 0 Å². The molecule has 0 aliphatic heterocycles. The van der Waals surface area contributed by atoms with Gasteiger partial charge < -0.3 is 0 Å². The summed E-state index contributed by atoms with van der Waals surface area (Å²) in [5.41, 5.74) is 1.41. The van der Waals surface area contributed by atoms with Crippen LogP contribution in [0.25, 0.3) is 0 Å². The summed E-state index contributed by atoms with van der Waals surface area (Å²) in [5, 5.41) is 2.77. The van der Waals surface area contributed by atoms with Gasteiger partial charge in [0.25, 0.3) is 0 Å². The zero-order valence-corrected chi connectivity index (χ0v) is 6.23. The molecule has 0 amide bonds. The standard InChI is InChI=1S/C3H6B6/c4-1-2(5)7-9-8-3(1)6/h4-6H2. The van der Waals surface area contributed by atoms with Crippen molar-refractivity contribution in [2.45, 2.75) is 0 Å². The first-order valence-corrected chi connectivity index (χ1v) is 3.24. The molecule has 36 valence electrons. The summed E-state index contributed by atoms with van der Waals surface area (Å²) in [7, 11) is 6.44. The molecule has 0 unspecified atom stereocenters. The van der Waals surface area contributed by atoms with Crippen LogP contribution in [-0.4, -0.2) is 43.8 Å². The predicted molar refractivity (Wildman–Crippen MR) is 55.0 cm³/mol. The first-order valence-electron chi connectivity index (χ1n) is 3.24. The van der Waals surface area contributed by atoms with Crippen LogP contribution in [0, 0.1) is 0 Å². The third-order valence-corrected chi connectivity index (χ3v) is 1.88. The Morgan fingerprint density at radius 1 is 0.889 bits per heavy atom. The first kappa shape index (κ1) is 7.11. The van der Waals surface area contributed by atoms with E-state index in [1.807, 2.05) is 0 Å². The molecule has 1 rings (SSSR count). The number of hydrogen-bond donors (Lipinski definition) is 0. The molecule has 1 aromatic heterocycles. The van der Waals surface area contributed by atoms with Crippen molar-refractivity contribution in [2.75, 3.05) is 0 Å². The van der Waals surface area contributed by atoms with E-state index >= 15 is 0 Å². The minimum absolute atomic E-state index is 1.38. The van der Waals surface area contributed by atoms with Gasteiger partial charge in [0.15, 0.2) is 0 Å². The Morgan fingerprint density at radius 3 is 1.67 bits per heavy atom. The van der Waals surface area contributed by atoms with Crippen LogP contribution >= 0.6 is 0 Å². The molecule has 0 aromatic carbocycles. The second-order valence-corrected chi connectivity index (χ2v) is 2.52. The monoisotopic (exact) mass is 108 g/mol. The fraction of sp³-hybridized carbons (Fsp3) is 0. The van der Waals surface area contributed by atoms with Crippen LogP contribution < -0.4 is 16.2 Å². The van der Waals surface area contributed by atoms with E-state index in [1.165, 1.54) is 16.2 Å². The molecule has 1 aromatic rings. The van der Waals surface area contributed by atoms with Gasteiger partial charge in [-0.05, 0) is 0 Å². The second kappa shape index (κ2) is 2.72. The van der Waals surface area contributed by atoms with Crippen LogP contribution in [-0.2, 0) is 0 Å². The fourth-order valence-electron chi connectivity index (χ4n) is 0.898. The maximum absolute atomic E-state index is 2.16. The van der Waals surface area contributed by atoms with Crippen molar-refractivity contribution >= 4 is 60.0 Å². The molecule has 0 saturated heterocycles. The molecule has 0 radical (unpaired) electrons. The van der Waals surface area contributed by atoms with Crippen LogP contribution in [0.2, 0.25) is 0 Å². The molecule has 0 fully saturated rings. The van der Waals surface area contributed by atoms with Crippen molar-refractivity contribution in [2.24, 2.45) is 0 Å². The van der Waals surface area contributed by atoms with Gasteiger partial charge in [-0.15, -0.1) is 0 Å². The van der Waals surface area contributed by atoms with Crippen molar-refractivity contribution < 1.29 is 0 Å². The average molecular weight is 107 g/mol. The van der Waals surface area contributed by atoms with Crippen LogP contribution in [0.1, 0.15) is 0 Å². The Kier molecular flexibility index (Phi) is 2.15. The third-order valence-electron chi connectivity index (χ3n) is 1.88. The Labute approximate surface area is 60.6 Å². The Hall–Kier alpha value is -0.000390. The molecule has 0 atom stereocenters. The fourth-order valence-corrected chi connectivity index (χ4v) is 0.898. The average Bonchev–Trinajstić information content (AvgIpc) is 1.83. The Morgan fingerprint density at radius 2 is 1.33 bits per heavy atom. The van der Waals surface area contributed by atoms with Gasteiger partial charge in [-0.25, -0.2) is 0 Å². The quantitative estimate of drug-likeness (QED) is 0.290. The van der Waals surface area contributed by atoms with Crippen molar-refractivity contribution in [1.82, 2.24) is 0 Å². The first-order chi connectivity index (χ1) is 4.22. The molecule has 9 heavy (non-hydrogen) atoms. The Bertz CT molecular complexity index is 199. The maximum atomic E-state index is 2.16. The minimum atomic E-state index is 1.38. The van der Waals surface area contributed by atoms with Crippen molar-refractivity contribution in [1.29, 1.82) is 0 Å². The molecule has 0 nitrogen and oxygen atoms in total. The number of rotatable bonds is 0. The van der Waals surface area contributed by atoms with E-state index in [1.54, 1.807) is 0 Å². The zero-order valence-electron chi connectivity index (χ0n) is 6.23. The molecule has 0 N–H and O–H groups in total. The molecule has 0 spiro atoms. The van der Waals surface area contributed by atoms with Gasteiger partial charge in [-0.3, -0.25) is 0 Å². The van der Waals surface area contributed by atoms with Gasteiger partial charge >= 0.3 is 60.0 Å². The van der Waals surface area contributed by atoms with E-state index in [9.17, 15) is 0 Å². The second-order valence-electron chi connectivity index (χ2n) is 2.52. The molecular formula is C3H6B6. The normalized spacial score (nSPS) is 8.00. The van der Waals surface area contributed by atoms with Crippen molar-refractivity contribution in [3.8, 4) is 0 Å². The topological polar surface area (TPSA) is 0 Å². The molecule has 6 heteroatoms. The van der Waals surface area contributed by atoms with Crippen LogP contribution in [0.4, 0.5) is 0 Å². The SMILES string of the molecule is Bc1bbbc(B)c1B. The zero-order chi connectivity index (χ0) is 6.85. The summed E-state index contributed by atoms with van der Waals surface area (Å²) in [5.74, 6) is 0. The number of hydrogen-bond acceptors (Lipinski definition) is 0. The molecule has 0 aliphatic carbocycles. The molecular weight excluding hydrogens is 101 g/mol. The molecule has 0 bridgehead atoms. The van der Waals surface area contributed by atoms with Crippen molar-refractivity contribution in [3.05, 3.63) is 0 Å². The van der Waals surface area contributed by atoms with Gasteiger partial charge in [-0.2, -0.15) is 0 Å². The van der Waals surface area contributed by atoms with Crippen LogP contribution in [0.3, 0.4) is 0 Å². The van der Waals surface area contributed by atoms with Gasteiger partial charge in [0, 0.05) is 0 Å². The Balaban J connectivity index is 3.25. The summed E-state index contributed by atoms with van der Waals surface area (Å²) in [6, 6.07) is 0. The molecule has 0 saturated carbocycles. The van der Waals surface area contributed by atoms with Gasteiger partial charge in [0.1, 0.15) is 0 Å². The summed E-state index contributed by atoms with van der Waals surface area (Å²) >= 11 is 0. The van der Waals surface area contributed by atoms with Gasteiger partial charge in [0.05, 0.1) is 0 Å². The van der Waals surface area contributed by atoms with E-state index in [4.69, 9.17) is 0 Å². The summed E-state index contributed by atoms with van der Waals surface area (Å²) in [4.78, 5) is 0. The summed E-state index contributed by atoms with van der Waals surface area (Å²) in [6.45, 7) is 6.38. The van der Waals surface area contributed by atoms with Crippen LogP contribution in [0.5, 0.6) is 0 Å².